The molecule has 1 rings (SSSR count). The molecule has 7 heteroatoms. The second-order valence-corrected chi connectivity index (χ2v) is 4.63. The maximum atomic E-state index is 13.1. The SMILES string of the molecule is CCNC(=O)CNC(=O)C[NH2+][C@@H](C)c1ccc(F)c(F)c1. The van der Waals surface area contributed by atoms with Gasteiger partial charge in [-0.15, -0.1) is 0 Å². The van der Waals surface area contributed by atoms with Crippen LogP contribution < -0.4 is 16.0 Å². The van der Waals surface area contributed by atoms with Gasteiger partial charge in [0, 0.05) is 12.1 Å². The number of benzene rings is 1. The van der Waals surface area contributed by atoms with Crippen LogP contribution in [0.4, 0.5) is 8.78 Å². The highest BCUT2D eigenvalue weighted by Crippen LogP contribution is 2.12. The molecule has 116 valence electrons. The Bertz CT molecular complexity index is 509. The molecule has 0 unspecified atom stereocenters. The van der Waals surface area contributed by atoms with Crippen molar-refractivity contribution in [1.29, 1.82) is 0 Å². The van der Waals surface area contributed by atoms with Crippen molar-refractivity contribution in [1.82, 2.24) is 10.6 Å². The predicted molar refractivity (Wildman–Crippen MR) is 73.3 cm³/mol. The van der Waals surface area contributed by atoms with Crippen LogP contribution in [0.5, 0.6) is 0 Å². The number of rotatable bonds is 7. The number of carbonyl (C=O) groups excluding carboxylic acids is 2. The van der Waals surface area contributed by atoms with Gasteiger partial charge in [-0.05, 0) is 32.0 Å². The van der Waals surface area contributed by atoms with Crippen molar-refractivity contribution in [2.75, 3.05) is 19.6 Å². The summed E-state index contributed by atoms with van der Waals surface area (Å²) < 4.78 is 25.9. The molecule has 1 atom stereocenters. The van der Waals surface area contributed by atoms with Crippen molar-refractivity contribution in [2.45, 2.75) is 19.9 Å². The Kier molecular flexibility index (Phi) is 6.74. The van der Waals surface area contributed by atoms with Crippen LogP contribution in [-0.4, -0.2) is 31.4 Å². The summed E-state index contributed by atoms with van der Waals surface area (Å²) in [6, 6.07) is 3.45. The normalized spacial score (nSPS) is 11.8. The molecule has 0 fully saturated rings. The Hall–Kier alpha value is -2.02. The molecule has 0 aliphatic carbocycles. The molecule has 5 nitrogen and oxygen atoms in total. The van der Waals surface area contributed by atoms with Gasteiger partial charge in [-0.3, -0.25) is 9.59 Å². The Labute approximate surface area is 122 Å². The summed E-state index contributed by atoms with van der Waals surface area (Å²) in [5.74, 6) is -2.35. The Morgan fingerprint density at radius 3 is 2.52 bits per heavy atom. The highest BCUT2D eigenvalue weighted by molar-refractivity contribution is 5.84. The summed E-state index contributed by atoms with van der Waals surface area (Å²) in [5.41, 5.74) is 0.588. The van der Waals surface area contributed by atoms with Crippen molar-refractivity contribution in [3.8, 4) is 0 Å². The largest absolute Gasteiger partial charge is 0.355 e. The van der Waals surface area contributed by atoms with Crippen LogP contribution in [0.25, 0.3) is 0 Å². The lowest BCUT2D eigenvalue weighted by Gasteiger charge is -2.11. The number of likely N-dealkylation sites (N-methyl/N-ethyl adjacent to an activating group) is 1. The molecule has 2 amide bonds. The highest BCUT2D eigenvalue weighted by atomic mass is 19.2. The number of halogens is 2. The molecule has 0 bridgehead atoms. The third kappa shape index (κ3) is 5.86. The summed E-state index contributed by atoms with van der Waals surface area (Å²) in [6.07, 6.45) is 0. The molecule has 1 aromatic carbocycles. The summed E-state index contributed by atoms with van der Waals surface area (Å²) >= 11 is 0. The van der Waals surface area contributed by atoms with Crippen LogP contribution >= 0.6 is 0 Å². The van der Waals surface area contributed by atoms with Crippen LogP contribution in [0.2, 0.25) is 0 Å². The topological polar surface area (TPSA) is 74.8 Å². The molecule has 21 heavy (non-hydrogen) atoms. The van der Waals surface area contributed by atoms with E-state index in [0.717, 1.165) is 12.1 Å². The van der Waals surface area contributed by atoms with E-state index in [9.17, 15) is 18.4 Å². The standard InChI is InChI=1S/C14H19F2N3O2/c1-3-17-13(20)8-19-14(21)7-18-9(2)10-4-5-11(15)12(16)6-10/h4-6,9,18H,3,7-8H2,1-2H3,(H,17,20)(H,19,21)/p+1/t9-/m0/s1. The van der Waals surface area contributed by atoms with Crippen molar-refractivity contribution in [3.05, 3.63) is 35.4 Å². The molecular formula is C14H20F2N3O2+. The second-order valence-electron chi connectivity index (χ2n) is 4.63. The zero-order chi connectivity index (χ0) is 15.8. The van der Waals surface area contributed by atoms with Gasteiger partial charge >= 0.3 is 0 Å². The first-order valence-electron chi connectivity index (χ1n) is 6.75. The highest BCUT2D eigenvalue weighted by Gasteiger charge is 2.14. The molecule has 0 aromatic heterocycles. The summed E-state index contributed by atoms with van der Waals surface area (Å²) in [4.78, 5) is 22.7. The minimum Gasteiger partial charge on any atom is -0.355 e. The third-order valence-corrected chi connectivity index (χ3v) is 2.95. The fourth-order valence-electron chi connectivity index (χ4n) is 1.73. The number of hydrogen-bond acceptors (Lipinski definition) is 2. The first-order valence-corrected chi connectivity index (χ1v) is 6.75. The first-order chi connectivity index (χ1) is 9.93. The van der Waals surface area contributed by atoms with Gasteiger partial charge in [0.05, 0.1) is 6.54 Å². The maximum absolute atomic E-state index is 13.1. The van der Waals surface area contributed by atoms with Gasteiger partial charge in [0.15, 0.2) is 18.2 Å². The molecule has 0 aliphatic heterocycles. The van der Waals surface area contributed by atoms with Crippen LogP contribution in [-0.2, 0) is 9.59 Å². The molecule has 1 aromatic rings. The average Bonchev–Trinajstić information content (AvgIpc) is 2.45. The van der Waals surface area contributed by atoms with E-state index in [1.54, 1.807) is 19.2 Å². The van der Waals surface area contributed by atoms with Crippen LogP contribution in [0.3, 0.4) is 0 Å². The molecular weight excluding hydrogens is 280 g/mol. The smallest absolute Gasteiger partial charge is 0.275 e. The second kappa shape index (κ2) is 8.31. The van der Waals surface area contributed by atoms with Gasteiger partial charge in [0.25, 0.3) is 5.91 Å². The lowest BCUT2D eigenvalue weighted by molar-refractivity contribution is -0.682. The molecule has 0 radical (unpaired) electrons. The molecule has 0 spiro atoms. The van der Waals surface area contributed by atoms with Crippen molar-refractivity contribution in [2.24, 2.45) is 0 Å². The number of amides is 2. The lowest BCUT2D eigenvalue weighted by atomic mass is 10.1. The van der Waals surface area contributed by atoms with Gasteiger partial charge < -0.3 is 16.0 Å². The average molecular weight is 300 g/mol. The molecule has 4 N–H and O–H groups in total. The van der Waals surface area contributed by atoms with E-state index >= 15 is 0 Å². The number of hydrogen-bond donors (Lipinski definition) is 3. The van der Waals surface area contributed by atoms with Crippen LogP contribution in [0.15, 0.2) is 18.2 Å². The molecule has 0 aliphatic rings. The first kappa shape index (κ1) is 17.0. The van der Waals surface area contributed by atoms with Gasteiger partial charge in [-0.25, -0.2) is 8.78 Å². The Morgan fingerprint density at radius 2 is 1.90 bits per heavy atom. The van der Waals surface area contributed by atoms with Gasteiger partial charge in [0.2, 0.25) is 5.91 Å². The monoisotopic (exact) mass is 300 g/mol. The van der Waals surface area contributed by atoms with E-state index in [0.29, 0.717) is 12.1 Å². The van der Waals surface area contributed by atoms with Crippen LogP contribution in [0.1, 0.15) is 25.5 Å². The van der Waals surface area contributed by atoms with Gasteiger partial charge in [0.1, 0.15) is 6.04 Å². The van der Waals surface area contributed by atoms with Crippen molar-refractivity contribution >= 4 is 11.8 Å². The maximum Gasteiger partial charge on any atom is 0.275 e. The van der Waals surface area contributed by atoms with Crippen molar-refractivity contribution in [3.63, 3.8) is 0 Å². The van der Waals surface area contributed by atoms with Gasteiger partial charge in [-0.2, -0.15) is 0 Å². The zero-order valence-electron chi connectivity index (χ0n) is 12.1. The summed E-state index contributed by atoms with van der Waals surface area (Å²) in [5, 5.41) is 6.72. The summed E-state index contributed by atoms with van der Waals surface area (Å²) in [7, 11) is 0. The lowest BCUT2D eigenvalue weighted by Crippen LogP contribution is -2.87. The number of carbonyl (C=O) groups is 2. The van der Waals surface area contributed by atoms with E-state index < -0.39 is 11.6 Å². The molecule has 0 saturated carbocycles. The van der Waals surface area contributed by atoms with E-state index in [-0.39, 0.29) is 30.9 Å². The summed E-state index contributed by atoms with van der Waals surface area (Å²) in [6.45, 7) is 4.11. The number of nitrogens with one attached hydrogen (secondary N) is 2. The van der Waals surface area contributed by atoms with Gasteiger partial charge in [-0.1, -0.05) is 0 Å². The minimum absolute atomic E-state index is 0.0694. The zero-order valence-corrected chi connectivity index (χ0v) is 12.1. The fourth-order valence-corrected chi connectivity index (χ4v) is 1.73. The number of quaternary nitrogens is 1. The quantitative estimate of drug-likeness (QED) is 0.655. The fraction of sp³-hybridized carbons (Fsp3) is 0.429. The Balaban J connectivity index is 2.38. The van der Waals surface area contributed by atoms with E-state index in [2.05, 4.69) is 10.6 Å². The molecule has 0 saturated heterocycles. The third-order valence-electron chi connectivity index (χ3n) is 2.95. The predicted octanol–water partition coefficient (Wildman–Crippen LogP) is -0.158. The molecule has 0 heterocycles. The minimum atomic E-state index is -0.909. The number of nitrogens with two attached hydrogens (primary N) is 1. The Morgan fingerprint density at radius 1 is 1.19 bits per heavy atom. The van der Waals surface area contributed by atoms with E-state index in [1.807, 2.05) is 0 Å². The van der Waals surface area contributed by atoms with E-state index in [4.69, 9.17) is 0 Å². The van der Waals surface area contributed by atoms with Crippen molar-refractivity contribution < 1.29 is 23.7 Å². The van der Waals surface area contributed by atoms with Crippen LogP contribution in [0, 0.1) is 11.6 Å². The van der Waals surface area contributed by atoms with E-state index in [1.165, 1.54) is 6.07 Å².